The van der Waals surface area contributed by atoms with E-state index in [9.17, 15) is 0 Å². The molecule has 0 saturated carbocycles. The van der Waals surface area contributed by atoms with E-state index >= 15 is 0 Å². The summed E-state index contributed by atoms with van der Waals surface area (Å²) in [6.07, 6.45) is 1.77. The molecule has 0 aromatic heterocycles. The van der Waals surface area contributed by atoms with Crippen LogP contribution in [0.25, 0.3) is 0 Å². The molecule has 0 atom stereocenters. The maximum absolute atomic E-state index is 5.89. The van der Waals surface area contributed by atoms with Crippen molar-refractivity contribution >= 4 is 23.5 Å². The number of aryl methyl sites for hydroxylation is 1. The highest BCUT2D eigenvalue weighted by Gasteiger charge is 1.98. The lowest BCUT2D eigenvalue weighted by Crippen LogP contribution is -1.96. The third-order valence-corrected chi connectivity index (χ3v) is 3.89. The standard InChI is InChI=1S/C21H19ClN2O/c1-16-5-11-20(12-6-16)24-23-14-18-3-2-4-21(13-18)25-15-17-7-9-19(22)10-8-17/h2-14,24H,15H2,1H3/b23-14-. The van der Waals surface area contributed by atoms with Crippen LogP contribution in [-0.2, 0) is 6.61 Å². The van der Waals surface area contributed by atoms with Gasteiger partial charge in [-0.25, -0.2) is 0 Å². The number of anilines is 1. The predicted octanol–water partition coefficient (Wildman–Crippen LogP) is 5.67. The molecule has 0 fully saturated rings. The summed E-state index contributed by atoms with van der Waals surface area (Å²) in [5.74, 6) is 0.800. The summed E-state index contributed by atoms with van der Waals surface area (Å²) in [6.45, 7) is 2.56. The van der Waals surface area contributed by atoms with Crippen LogP contribution in [0.5, 0.6) is 5.75 Å². The molecule has 0 aliphatic heterocycles. The lowest BCUT2D eigenvalue weighted by molar-refractivity contribution is 0.306. The van der Waals surface area contributed by atoms with Gasteiger partial charge in [0.05, 0.1) is 11.9 Å². The van der Waals surface area contributed by atoms with Gasteiger partial charge in [0, 0.05) is 5.02 Å². The quantitative estimate of drug-likeness (QED) is 0.458. The Morgan fingerprint density at radius 2 is 1.76 bits per heavy atom. The van der Waals surface area contributed by atoms with Gasteiger partial charge < -0.3 is 4.74 Å². The number of nitrogens with zero attached hydrogens (tertiary/aromatic N) is 1. The molecule has 0 spiro atoms. The Labute approximate surface area is 152 Å². The van der Waals surface area contributed by atoms with Gasteiger partial charge in [-0.2, -0.15) is 5.10 Å². The number of hydrogen-bond donors (Lipinski definition) is 1. The molecule has 25 heavy (non-hydrogen) atoms. The van der Waals surface area contributed by atoms with Gasteiger partial charge in [-0.3, -0.25) is 5.43 Å². The topological polar surface area (TPSA) is 33.6 Å². The van der Waals surface area contributed by atoms with E-state index in [1.807, 2.05) is 72.8 Å². The van der Waals surface area contributed by atoms with Gasteiger partial charge in [0.25, 0.3) is 0 Å². The van der Waals surface area contributed by atoms with Crippen LogP contribution < -0.4 is 10.2 Å². The average Bonchev–Trinajstić information content (AvgIpc) is 2.63. The van der Waals surface area contributed by atoms with Crippen LogP contribution in [0.15, 0.2) is 77.9 Å². The fourth-order valence-electron chi connectivity index (χ4n) is 2.24. The molecular formula is C21H19ClN2O. The van der Waals surface area contributed by atoms with Crippen LogP contribution in [0, 0.1) is 6.92 Å². The van der Waals surface area contributed by atoms with Crippen molar-refractivity contribution in [1.82, 2.24) is 0 Å². The van der Waals surface area contributed by atoms with Gasteiger partial charge in [0.2, 0.25) is 0 Å². The molecule has 0 bridgehead atoms. The molecule has 0 unspecified atom stereocenters. The molecule has 3 aromatic carbocycles. The number of hydrogen-bond acceptors (Lipinski definition) is 3. The average molecular weight is 351 g/mol. The molecule has 3 rings (SSSR count). The molecular weight excluding hydrogens is 332 g/mol. The smallest absolute Gasteiger partial charge is 0.120 e. The minimum Gasteiger partial charge on any atom is -0.489 e. The second kappa shape index (κ2) is 8.36. The lowest BCUT2D eigenvalue weighted by Gasteiger charge is -2.07. The van der Waals surface area contributed by atoms with E-state index in [0.29, 0.717) is 6.61 Å². The summed E-state index contributed by atoms with van der Waals surface area (Å²) in [5.41, 5.74) is 7.24. The first-order valence-electron chi connectivity index (χ1n) is 8.02. The molecule has 0 heterocycles. The highest BCUT2D eigenvalue weighted by atomic mass is 35.5. The molecule has 0 radical (unpaired) electrons. The number of halogens is 1. The monoisotopic (exact) mass is 350 g/mol. The van der Waals surface area contributed by atoms with E-state index in [0.717, 1.165) is 27.6 Å². The summed E-state index contributed by atoms with van der Waals surface area (Å²) in [6, 6.07) is 23.5. The molecule has 3 aromatic rings. The van der Waals surface area contributed by atoms with Crippen LogP contribution >= 0.6 is 11.6 Å². The Hall–Kier alpha value is -2.78. The van der Waals surface area contributed by atoms with Gasteiger partial charge >= 0.3 is 0 Å². The molecule has 0 aliphatic rings. The van der Waals surface area contributed by atoms with Crippen molar-refractivity contribution in [3.8, 4) is 5.75 Å². The number of benzene rings is 3. The zero-order valence-corrected chi connectivity index (χ0v) is 14.7. The molecule has 0 amide bonds. The Morgan fingerprint density at radius 3 is 2.52 bits per heavy atom. The van der Waals surface area contributed by atoms with Gasteiger partial charge in [-0.15, -0.1) is 0 Å². The van der Waals surface area contributed by atoms with Gasteiger partial charge in [-0.05, 0) is 54.4 Å². The van der Waals surface area contributed by atoms with Gasteiger partial charge in [0.15, 0.2) is 0 Å². The lowest BCUT2D eigenvalue weighted by atomic mass is 10.2. The highest BCUT2D eigenvalue weighted by molar-refractivity contribution is 6.30. The first-order chi connectivity index (χ1) is 12.2. The third-order valence-electron chi connectivity index (χ3n) is 3.64. The van der Waals surface area contributed by atoms with Crippen molar-refractivity contribution in [2.24, 2.45) is 5.10 Å². The molecule has 4 heteroatoms. The fraction of sp³-hybridized carbons (Fsp3) is 0.0952. The van der Waals surface area contributed by atoms with Crippen LogP contribution in [-0.4, -0.2) is 6.21 Å². The zero-order chi connectivity index (χ0) is 17.5. The van der Waals surface area contributed by atoms with Crippen molar-refractivity contribution < 1.29 is 4.74 Å². The van der Waals surface area contributed by atoms with Crippen LogP contribution in [0.3, 0.4) is 0 Å². The molecule has 0 aliphatic carbocycles. The van der Waals surface area contributed by atoms with E-state index in [4.69, 9.17) is 16.3 Å². The van der Waals surface area contributed by atoms with Crippen molar-refractivity contribution in [3.05, 3.63) is 94.5 Å². The fourth-order valence-corrected chi connectivity index (χ4v) is 2.37. The molecule has 126 valence electrons. The van der Waals surface area contributed by atoms with E-state index < -0.39 is 0 Å². The van der Waals surface area contributed by atoms with Crippen molar-refractivity contribution in [3.63, 3.8) is 0 Å². The van der Waals surface area contributed by atoms with E-state index in [-0.39, 0.29) is 0 Å². The Bertz CT molecular complexity index is 843. The van der Waals surface area contributed by atoms with E-state index in [1.165, 1.54) is 5.56 Å². The molecule has 3 nitrogen and oxygen atoms in total. The minimum absolute atomic E-state index is 0.499. The van der Waals surface area contributed by atoms with E-state index in [1.54, 1.807) is 6.21 Å². The maximum atomic E-state index is 5.89. The van der Waals surface area contributed by atoms with Crippen LogP contribution in [0.4, 0.5) is 5.69 Å². The first-order valence-corrected chi connectivity index (χ1v) is 8.40. The molecule has 1 N–H and O–H groups in total. The Kier molecular flexibility index (Phi) is 5.70. The number of rotatable bonds is 6. The summed E-state index contributed by atoms with van der Waals surface area (Å²) in [5, 5.41) is 4.99. The van der Waals surface area contributed by atoms with Gasteiger partial charge in [-0.1, -0.05) is 53.6 Å². The van der Waals surface area contributed by atoms with Crippen LogP contribution in [0.2, 0.25) is 5.02 Å². The Morgan fingerprint density at radius 1 is 1.00 bits per heavy atom. The molecule has 0 saturated heterocycles. The summed E-state index contributed by atoms with van der Waals surface area (Å²) in [4.78, 5) is 0. The van der Waals surface area contributed by atoms with Crippen molar-refractivity contribution in [2.75, 3.05) is 5.43 Å². The second-order valence-corrected chi connectivity index (χ2v) is 6.16. The number of ether oxygens (including phenoxy) is 1. The number of nitrogens with one attached hydrogen (secondary N) is 1. The maximum Gasteiger partial charge on any atom is 0.120 e. The third kappa shape index (κ3) is 5.37. The second-order valence-electron chi connectivity index (χ2n) is 5.72. The first kappa shape index (κ1) is 17.1. The normalized spacial score (nSPS) is 10.8. The van der Waals surface area contributed by atoms with Crippen LogP contribution in [0.1, 0.15) is 16.7 Å². The highest BCUT2D eigenvalue weighted by Crippen LogP contribution is 2.16. The summed E-state index contributed by atoms with van der Waals surface area (Å²) < 4.78 is 5.83. The van der Waals surface area contributed by atoms with Crippen molar-refractivity contribution in [1.29, 1.82) is 0 Å². The van der Waals surface area contributed by atoms with Gasteiger partial charge in [0.1, 0.15) is 12.4 Å². The Balaban J connectivity index is 1.58. The predicted molar refractivity (Wildman–Crippen MR) is 105 cm³/mol. The minimum atomic E-state index is 0.499. The number of hydrazone groups is 1. The van der Waals surface area contributed by atoms with Crippen molar-refractivity contribution in [2.45, 2.75) is 13.5 Å². The van der Waals surface area contributed by atoms with E-state index in [2.05, 4.69) is 17.5 Å². The SMILES string of the molecule is Cc1ccc(N/N=C\c2cccc(OCc3ccc(Cl)cc3)c2)cc1. The summed E-state index contributed by atoms with van der Waals surface area (Å²) >= 11 is 5.89. The summed E-state index contributed by atoms with van der Waals surface area (Å²) in [7, 11) is 0. The largest absolute Gasteiger partial charge is 0.489 e. The zero-order valence-electron chi connectivity index (χ0n) is 13.9.